The monoisotopic (exact) mass is 520 g/mol. The van der Waals surface area contributed by atoms with E-state index in [0.717, 1.165) is 43.4 Å². The van der Waals surface area contributed by atoms with Gasteiger partial charge >= 0.3 is 11.9 Å². The highest BCUT2D eigenvalue weighted by Gasteiger charge is 2.35. The first kappa shape index (κ1) is 31.6. The van der Waals surface area contributed by atoms with Gasteiger partial charge in [-0.05, 0) is 83.0 Å². The zero-order chi connectivity index (χ0) is 27.6. The molecule has 0 aliphatic heterocycles. The molecule has 0 aromatic heterocycles. The second-order valence-electron chi connectivity index (χ2n) is 12.1. The Balaban J connectivity index is 1.91. The summed E-state index contributed by atoms with van der Waals surface area (Å²) in [5.74, 6) is 1.35. The lowest BCUT2D eigenvalue weighted by Crippen LogP contribution is -2.34. The summed E-state index contributed by atoms with van der Waals surface area (Å²) in [6.07, 6.45) is 14.3. The summed E-state index contributed by atoms with van der Waals surface area (Å²) < 4.78 is 11.0. The Hall–Kier alpha value is -1.66. The lowest BCUT2D eigenvalue weighted by atomic mass is 9.67. The Kier molecular flexibility index (Phi) is 12.8. The van der Waals surface area contributed by atoms with Gasteiger partial charge in [0.1, 0.15) is 0 Å². The van der Waals surface area contributed by atoms with Crippen LogP contribution in [0.1, 0.15) is 105 Å². The normalized spacial score (nSPS) is 26.1. The van der Waals surface area contributed by atoms with Gasteiger partial charge in [0, 0.05) is 5.92 Å². The Morgan fingerprint density at radius 1 is 0.892 bits per heavy atom. The molecule has 0 aromatic rings. The number of hydrogen-bond acceptors (Lipinski definition) is 6. The van der Waals surface area contributed by atoms with E-state index in [-0.39, 0.29) is 36.2 Å². The van der Waals surface area contributed by atoms with E-state index in [2.05, 4.69) is 20.1 Å². The summed E-state index contributed by atoms with van der Waals surface area (Å²) in [6, 6.07) is 0. The van der Waals surface area contributed by atoms with Crippen molar-refractivity contribution in [1.82, 2.24) is 0 Å². The third-order valence-electron chi connectivity index (χ3n) is 8.87. The Bertz CT molecular complexity index is 748. The summed E-state index contributed by atoms with van der Waals surface area (Å²) in [6.45, 7) is 14.2. The molecule has 2 aliphatic rings. The highest BCUT2D eigenvalue weighted by molar-refractivity contribution is 5.89. The van der Waals surface area contributed by atoms with Crippen molar-refractivity contribution in [2.45, 2.75) is 116 Å². The number of aliphatic hydroxyl groups is 2. The minimum absolute atomic E-state index is 0.000247. The van der Waals surface area contributed by atoms with Crippen LogP contribution in [-0.4, -0.2) is 47.1 Å². The number of hydrogen-bond donors (Lipinski definition) is 2. The fourth-order valence-electron chi connectivity index (χ4n) is 6.00. The maximum Gasteiger partial charge on any atom is 0.336 e. The quantitative estimate of drug-likeness (QED) is 0.162. The van der Waals surface area contributed by atoms with Gasteiger partial charge in [0.2, 0.25) is 0 Å². The van der Waals surface area contributed by atoms with Crippen LogP contribution in [0, 0.1) is 29.6 Å². The van der Waals surface area contributed by atoms with Crippen LogP contribution in [-0.2, 0) is 19.1 Å². The number of esters is 2. The van der Waals surface area contributed by atoms with Crippen molar-refractivity contribution in [2.75, 3.05) is 13.2 Å². The zero-order valence-electron chi connectivity index (χ0n) is 23.8. The number of unbranched alkanes of at least 4 members (excludes halogenated alkanes) is 2. The molecule has 0 amide bonds. The summed E-state index contributed by atoms with van der Waals surface area (Å²) in [5.41, 5.74) is -1.35. The van der Waals surface area contributed by atoms with Crippen LogP contribution in [0.4, 0.5) is 0 Å². The molecule has 0 radical (unpaired) electrons. The van der Waals surface area contributed by atoms with E-state index in [4.69, 9.17) is 9.47 Å². The summed E-state index contributed by atoms with van der Waals surface area (Å²) in [4.78, 5) is 24.7. The highest BCUT2D eigenvalue weighted by Crippen LogP contribution is 2.44. The maximum atomic E-state index is 12.4. The first-order chi connectivity index (χ1) is 17.4. The molecule has 2 rings (SSSR count). The van der Waals surface area contributed by atoms with Gasteiger partial charge in [0.05, 0.1) is 36.1 Å². The highest BCUT2D eigenvalue weighted by atomic mass is 16.5. The van der Waals surface area contributed by atoms with E-state index < -0.39 is 23.6 Å². The molecule has 2 unspecified atom stereocenters. The van der Waals surface area contributed by atoms with Crippen LogP contribution < -0.4 is 0 Å². The second kappa shape index (κ2) is 15.1. The maximum absolute atomic E-state index is 12.4. The molecule has 37 heavy (non-hydrogen) atoms. The minimum atomic E-state index is -1.36. The molecule has 0 aromatic carbocycles. The first-order valence-corrected chi connectivity index (χ1v) is 14.6. The van der Waals surface area contributed by atoms with Crippen LogP contribution in [0.25, 0.3) is 0 Å². The van der Waals surface area contributed by atoms with E-state index in [9.17, 15) is 19.8 Å². The van der Waals surface area contributed by atoms with Crippen LogP contribution in [0.15, 0.2) is 24.3 Å². The standard InChI is InChI=1S/C31H52O6/c1-7-8-9-10-24-11-13-25(14-12-24)26-15-17-27(18-16-26)28(19-36-29(33)21(2)23(4)32)20-37-30(34)22(3)31(5,6)35/h23-28,32,35H,2-3,7-20H2,1,4-6H3. The average molecular weight is 521 g/mol. The van der Waals surface area contributed by atoms with Gasteiger partial charge in [-0.1, -0.05) is 58.6 Å². The van der Waals surface area contributed by atoms with Crippen molar-refractivity contribution < 1.29 is 29.3 Å². The molecule has 0 heterocycles. The van der Waals surface area contributed by atoms with Gasteiger partial charge < -0.3 is 19.7 Å². The zero-order valence-corrected chi connectivity index (χ0v) is 23.8. The fourth-order valence-corrected chi connectivity index (χ4v) is 6.00. The van der Waals surface area contributed by atoms with E-state index in [0.29, 0.717) is 0 Å². The number of carbonyl (C=O) groups excluding carboxylic acids is 2. The third-order valence-corrected chi connectivity index (χ3v) is 8.87. The van der Waals surface area contributed by atoms with E-state index in [1.54, 1.807) is 0 Å². The number of rotatable bonds is 14. The van der Waals surface area contributed by atoms with E-state index >= 15 is 0 Å². The Morgan fingerprint density at radius 3 is 1.89 bits per heavy atom. The van der Waals surface area contributed by atoms with E-state index in [1.807, 2.05) is 0 Å². The Labute approximate surface area is 224 Å². The second-order valence-corrected chi connectivity index (χ2v) is 12.1. The lowest BCUT2D eigenvalue weighted by Gasteiger charge is -2.39. The number of carbonyl (C=O) groups is 2. The van der Waals surface area contributed by atoms with E-state index in [1.165, 1.54) is 72.1 Å². The molecule has 0 bridgehead atoms. The van der Waals surface area contributed by atoms with Gasteiger partial charge in [0.15, 0.2) is 0 Å². The topological polar surface area (TPSA) is 93.1 Å². The van der Waals surface area contributed by atoms with Crippen LogP contribution in [0.2, 0.25) is 0 Å². The largest absolute Gasteiger partial charge is 0.462 e. The van der Waals surface area contributed by atoms with Crippen LogP contribution in [0.5, 0.6) is 0 Å². The van der Waals surface area contributed by atoms with Crippen LogP contribution >= 0.6 is 0 Å². The lowest BCUT2D eigenvalue weighted by molar-refractivity contribution is -0.147. The van der Waals surface area contributed by atoms with Crippen molar-refractivity contribution in [3.63, 3.8) is 0 Å². The van der Waals surface area contributed by atoms with Gasteiger partial charge in [-0.3, -0.25) is 0 Å². The van der Waals surface area contributed by atoms with Crippen molar-refractivity contribution in [1.29, 1.82) is 0 Å². The molecule has 2 fully saturated rings. The summed E-state index contributed by atoms with van der Waals surface area (Å²) in [5, 5.41) is 19.7. The molecule has 2 N–H and O–H groups in total. The smallest absolute Gasteiger partial charge is 0.336 e. The molecule has 6 nitrogen and oxygen atoms in total. The average Bonchev–Trinajstić information content (AvgIpc) is 2.87. The van der Waals surface area contributed by atoms with Gasteiger partial charge in [-0.15, -0.1) is 0 Å². The number of aliphatic hydroxyl groups excluding tert-OH is 1. The third kappa shape index (κ3) is 10.2. The number of ether oxygens (including phenoxy) is 2. The van der Waals surface area contributed by atoms with Crippen molar-refractivity contribution in [2.24, 2.45) is 29.6 Å². The molecular formula is C31H52O6. The molecule has 2 atom stereocenters. The predicted octanol–water partition coefficient (Wildman–Crippen LogP) is 6.15. The Morgan fingerprint density at radius 2 is 1.41 bits per heavy atom. The van der Waals surface area contributed by atoms with Crippen molar-refractivity contribution in [3.05, 3.63) is 24.3 Å². The molecule has 2 aliphatic carbocycles. The molecular weight excluding hydrogens is 468 g/mol. The van der Waals surface area contributed by atoms with Gasteiger partial charge in [-0.25, -0.2) is 9.59 Å². The predicted molar refractivity (Wildman–Crippen MR) is 147 cm³/mol. The molecule has 0 spiro atoms. The summed E-state index contributed by atoms with van der Waals surface area (Å²) >= 11 is 0. The minimum Gasteiger partial charge on any atom is -0.462 e. The van der Waals surface area contributed by atoms with Crippen LogP contribution in [0.3, 0.4) is 0 Å². The van der Waals surface area contributed by atoms with Gasteiger partial charge in [0.25, 0.3) is 0 Å². The molecule has 212 valence electrons. The van der Waals surface area contributed by atoms with Crippen molar-refractivity contribution >= 4 is 11.9 Å². The molecule has 2 saturated carbocycles. The molecule has 0 saturated heterocycles. The summed E-state index contributed by atoms with van der Waals surface area (Å²) in [7, 11) is 0. The fraction of sp³-hybridized carbons (Fsp3) is 0.806. The molecule has 6 heteroatoms. The van der Waals surface area contributed by atoms with Crippen molar-refractivity contribution in [3.8, 4) is 0 Å². The SMILES string of the molecule is C=C(C(=O)OCC(COC(=O)C(=C)C(C)(C)O)C1CCC(C2CCC(CCCCC)CC2)CC1)C(C)O. The van der Waals surface area contributed by atoms with Gasteiger partial charge in [-0.2, -0.15) is 0 Å². The first-order valence-electron chi connectivity index (χ1n) is 14.6.